The van der Waals surface area contributed by atoms with Crippen molar-refractivity contribution in [3.63, 3.8) is 0 Å². The van der Waals surface area contributed by atoms with Crippen molar-refractivity contribution in [1.82, 2.24) is 9.21 Å². The van der Waals surface area contributed by atoms with Crippen LogP contribution in [0, 0.1) is 5.92 Å². The van der Waals surface area contributed by atoms with Crippen molar-refractivity contribution >= 4 is 21.9 Å². The molecule has 2 aliphatic rings. The molecule has 1 unspecified atom stereocenters. The summed E-state index contributed by atoms with van der Waals surface area (Å²) in [6.45, 7) is 3.48. The molecule has 29 heavy (non-hydrogen) atoms. The average Bonchev–Trinajstić information content (AvgIpc) is 2.78. The fourth-order valence-corrected chi connectivity index (χ4v) is 6.05. The van der Waals surface area contributed by atoms with E-state index in [1.54, 1.807) is 12.1 Å². The number of nitrogens with zero attached hydrogens (tertiary/aromatic N) is 2. The van der Waals surface area contributed by atoms with Gasteiger partial charge in [0, 0.05) is 31.6 Å². The summed E-state index contributed by atoms with van der Waals surface area (Å²) in [7, 11) is -2.60. The molecule has 0 aromatic heterocycles. The Hall–Kier alpha value is -1.93. The van der Waals surface area contributed by atoms with Gasteiger partial charge in [-0.3, -0.25) is 4.79 Å². The van der Waals surface area contributed by atoms with Crippen LogP contribution < -0.4 is 0 Å². The van der Waals surface area contributed by atoms with Gasteiger partial charge in [0.25, 0.3) is 0 Å². The minimum Gasteiger partial charge on any atom is -0.465 e. The van der Waals surface area contributed by atoms with E-state index in [2.05, 4.69) is 6.92 Å². The Bertz CT molecular complexity index is 846. The molecule has 8 heteroatoms. The maximum atomic E-state index is 13.1. The summed E-state index contributed by atoms with van der Waals surface area (Å²) in [4.78, 5) is 27.0. The van der Waals surface area contributed by atoms with Crippen molar-refractivity contribution < 1.29 is 22.7 Å². The maximum Gasteiger partial charge on any atom is 0.339 e. The van der Waals surface area contributed by atoms with Crippen LogP contribution in [-0.4, -0.2) is 62.3 Å². The molecular formula is C21H30N2O5S. The molecule has 0 N–H and O–H groups in total. The SMILES string of the molecule is CCC1CCCCN1C(=O)C1CCN(S(=O)(=O)c2ccccc2C(=O)OC)CC1. The predicted octanol–water partition coefficient (Wildman–Crippen LogP) is 2.67. The molecular weight excluding hydrogens is 392 g/mol. The smallest absolute Gasteiger partial charge is 0.339 e. The Balaban J connectivity index is 1.70. The van der Waals surface area contributed by atoms with Crippen LogP contribution >= 0.6 is 0 Å². The molecule has 2 saturated heterocycles. The van der Waals surface area contributed by atoms with E-state index in [1.807, 2.05) is 4.90 Å². The topological polar surface area (TPSA) is 84.0 Å². The van der Waals surface area contributed by atoms with Gasteiger partial charge >= 0.3 is 5.97 Å². The summed E-state index contributed by atoms with van der Waals surface area (Å²) in [5.41, 5.74) is 0.0345. The van der Waals surface area contributed by atoms with E-state index in [0.717, 1.165) is 25.8 Å². The Morgan fingerprint density at radius 3 is 2.41 bits per heavy atom. The number of methoxy groups -OCH3 is 1. The molecule has 1 atom stereocenters. The molecule has 1 aromatic rings. The van der Waals surface area contributed by atoms with Crippen molar-refractivity contribution in [3.8, 4) is 0 Å². The molecule has 1 amide bonds. The van der Waals surface area contributed by atoms with E-state index in [0.29, 0.717) is 18.9 Å². The molecule has 160 valence electrons. The first-order chi connectivity index (χ1) is 13.9. The largest absolute Gasteiger partial charge is 0.465 e. The standard InChI is InChI=1S/C21H30N2O5S/c1-3-17-8-6-7-13-23(17)20(24)16-11-14-22(15-12-16)29(26,27)19-10-5-4-9-18(19)21(25)28-2/h4-5,9-10,16-17H,3,6-8,11-15H2,1-2H3. The summed E-state index contributed by atoms with van der Waals surface area (Å²) in [5, 5.41) is 0. The molecule has 0 spiro atoms. The van der Waals surface area contributed by atoms with Gasteiger partial charge in [-0.25, -0.2) is 13.2 Å². The van der Waals surface area contributed by atoms with Crippen molar-refractivity contribution in [3.05, 3.63) is 29.8 Å². The first-order valence-electron chi connectivity index (χ1n) is 10.4. The first-order valence-corrected chi connectivity index (χ1v) is 11.8. The van der Waals surface area contributed by atoms with Crippen LogP contribution in [-0.2, 0) is 19.6 Å². The average molecular weight is 423 g/mol. The monoisotopic (exact) mass is 422 g/mol. The third-order valence-corrected chi connectivity index (χ3v) is 8.05. The van der Waals surface area contributed by atoms with Crippen molar-refractivity contribution in [2.75, 3.05) is 26.7 Å². The maximum absolute atomic E-state index is 13.1. The number of benzene rings is 1. The van der Waals surface area contributed by atoms with Crippen LogP contribution in [0.3, 0.4) is 0 Å². The Kier molecular flexibility index (Phi) is 6.95. The van der Waals surface area contributed by atoms with Crippen LogP contribution in [0.1, 0.15) is 55.8 Å². The zero-order chi connectivity index (χ0) is 21.0. The lowest BCUT2D eigenvalue weighted by Gasteiger charge is -2.39. The normalized spacial score (nSPS) is 21.7. The van der Waals surface area contributed by atoms with Gasteiger partial charge in [-0.05, 0) is 50.7 Å². The number of hydrogen-bond donors (Lipinski definition) is 0. The van der Waals surface area contributed by atoms with Gasteiger partial charge in [-0.2, -0.15) is 4.31 Å². The van der Waals surface area contributed by atoms with Crippen LogP contribution in [0.15, 0.2) is 29.2 Å². The van der Waals surface area contributed by atoms with Crippen LogP contribution in [0.4, 0.5) is 0 Å². The molecule has 0 aliphatic carbocycles. The number of likely N-dealkylation sites (tertiary alicyclic amines) is 1. The lowest BCUT2D eigenvalue weighted by Crippen LogP contribution is -2.49. The number of amides is 1. The minimum absolute atomic E-state index is 0.0345. The number of esters is 1. The van der Waals surface area contributed by atoms with Gasteiger partial charge in [0.1, 0.15) is 0 Å². The molecule has 0 saturated carbocycles. The number of carbonyl (C=O) groups is 2. The van der Waals surface area contributed by atoms with Crippen LogP contribution in [0.2, 0.25) is 0 Å². The summed E-state index contributed by atoms with van der Waals surface area (Å²) in [6.07, 6.45) is 5.23. The quantitative estimate of drug-likeness (QED) is 0.681. The summed E-state index contributed by atoms with van der Waals surface area (Å²) >= 11 is 0. The van der Waals surface area contributed by atoms with E-state index < -0.39 is 16.0 Å². The predicted molar refractivity (Wildman–Crippen MR) is 109 cm³/mol. The van der Waals surface area contributed by atoms with Crippen molar-refractivity contribution in [2.24, 2.45) is 5.92 Å². The highest BCUT2D eigenvalue weighted by Gasteiger charge is 2.37. The second kappa shape index (κ2) is 9.26. The molecule has 2 heterocycles. The molecule has 0 radical (unpaired) electrons. The van der Waals surface area contributed by atoms with Gasteiger partial charge in [0.15, 0.2) is 0 Å². The number of sulfonamides is 1. The van der Waals surface area contributed by atoms with E-state index in [-0.39, 0.29) is 35.4 Å². The molecule has 3 rings (SSSR count). The molecule has 2 fully saturated rings. The Morgan fingerprint density at radius 1 is 1.07 bits per heavy atom. The van der Waals surface area contributed by atoms with Gasteiger partial charge < -0.3 is 9.64 Å². The van der Waals surface area contributed by atoms with Crippen molar-refractivity contribution in [2.45, 2.75) is 56.4 Å². The van der Waals surface area contributed by atoms with E-state index in [1.165, 1.54) is 30.0 Å². The second-order valence-corrected chi connectivity index (χ2v) is 9.66. The number of rotatable bonds is 5. The molecule has 0 bridgehead atoms. The highest BCUT2D eigenvalue weighted by molar-refractivity contribution is 7.89. The number of ether oxygens (including phenoxy) is 1. The number of piperidine rings is 2. The zero-order valence-electron chi connectivity index (χ0n) is 17.2. The summed E-state index contributed by atoms with van der Waals surface area (Å²) in [5.74, 6) is -0.641. The molecule has 7 nitrogen and oxygen atoms in total. The third kappa shape index (κ3) is 4.48. The van der Waals surface area contributed by atoms with Crippen molar-refractivity contribution in [1.29, 1.82) is 0 Å². The highest BCUT2D eigenvalue weighted by atomic mass is 32.2. The fourth-order valence-electron chi connectivity index (χ4n) is 4.40. The Morgan fingerprint density at radius 2 is 1.76 bits per heavy atom. The highest BCUT2D eigenvalue weighted by Crippen LogP contribution is 2.29. The molecule has 2 aliphatic heterocycles. The van der Waals surface area contributed by atoms with Crippen LogP contribution in [0.5, 0.6) is 0 Å². The lowest BCUT2D eigenvalue weighted by molar-refractivity contribution is -0.140. The number of hydrogen-bond acceptors (Lipinski definition) is 5. The van der Waals surface area contributed by atoms with Gasteiger partial charge in [0.2, 0.25) is 15.9 Å². The fraction of sp³-hybridized carbons (Fsp3) is 0.619. The lowest BCUT2D eigenvalue weighted by atomic mass is 9.92. The van der Waals surface area contributed by atoms with Gasteiger partial charge in [0.05, 0.1) is 17.6 Å². The molecule has 1 aromatic carbocycles. The second-order valence-electron chi connectivity index (χ2n) is 7.76. The zero-order valence-corrected chi connectivity index (χ0v) is 18.0. The number of carbonyl (C=O) groups excluding carboxylic acids is 2. The van der Waals surface area contributed by atoms with E-state index in [9.17, 15) is 18.0 Å². The summed E-state index contributed by atoms with van der Waals surface area (Å²) < 4.78 is 32.4. The Labute approximate surface area is 173 Å². The van der Waals surface area contributed by atoms with Gasteiger partial charge in [-0.1, -0.05) is 19.1 Å². The third-order valence-electron chi connectivity index (χ3n) is 6.09. The van der Waals surface area contributed by atoms with Crippen LogP contribution in [0.25, 0.3) is 0 Å². The summed E-state index contributed by atoms with van der Waals surface area (Å²) in [6, 6.07) is 6.40. The first kappa shape index (κ1) is 21.8. The van der Waals surface area contributed by atoms with Gasteiger partial charge in [-0.15, -0.1) is 0 Å². The van der Waals surface area contributed by atoms with E-state index in [4.69, 9.17) is 4.74 Å². The van der Waals surface area contributed by atoms with E-state index >= 15 is 0 Å². The minimum atomic E-state index is -3.83.